The van der Waals surface area contributed by atoms with Crippen LogP contribution in [0, 0.1) is 0 Å². The van der Waals surface area contributed by atoms with Crippen molar-refractivity contribution in [3.05, 3.63) is 254 Å². The van der Waals surface area contributed by atoms with Crippen LogP contribution >= 0.6 is 0 Å². The van der Waals surface area contributed by atoms with Gasteiger partial charge in [0.1, 0.15) is 22.7 Å². The second-order valence-corrected chi connectivity index (χ2v) is 28.7. The SMILES string of the molecule is C=Cc1ccc(OCOC)c(C(=O)OC)c1.C=Cc1ccc(OCOC)c(C(C)=O)c1.C=Cc1ccc(OCOC)c(OC(C)(C)C)c1.C=Cc1ccc(OCOC)c(OC(C)=O)c1.C=Cc1ccc(OCOC)c(OC(C)C)c1.C=Cc1ccc(OCOC)c(OCC)c1.C=Cc1ccc(OCOC)c(OCCCCC)c1.C=Cc1ccc(OCOC)c(OCCCCCC)c1. The highest BCUT2D eigenvalue weighted by Crippen LogP contribution is 2.36. The van der Waals surface area contributed by atoms with Crippen molar-refractivity contribution in [2.45, 2.75) is 126 Å². The molecule has 0 amide bonds. The minimum atomic E-state index is -0.449. The molecule has 132 heavy (non-hydrogen) atoms. The average Bonchev–Trinajstić information content (AvgIpc) is 0.844. The molecule has 0 aliphatic rings. The minimum Gasteiger partial charge on any atom is -0.490 e. The lowest BCUT2D eigenvalue weighted by molar-refractivity contribution is -0.132. The first-order valence-electron chi connectivity index (χ1n) is 42.7. The lowest BCUT2D eigenvalue weighted by Gasteiger charge is -2.23. The van der Waals surface area contributed by atoms with Crippen LogP contribution in [0.15, 0.2) is 198 Å². The molecule has 0 spiro atoms. The van der Waals surface area contributed by atoms with Crippen LogP contribution in [0.2, 0.25) is 0 Å². The van der Waals surface area contributed by atoms with E-state index in [1.54, 1.807) is 127 Å². The van der Waals surface area contributed by atoms with E-state index < -0.39 is 11.9 Å². The van der Waals surface area contributed by atoms with Gasteiger partial charge in [0, 0.05) is 63.8 Å². The summed E-state index contributed by atoms with van der Waals surface area (Å²) in [7, 11) is 13.8. The van der Waals surface area contributed by atoms with E-state index in [0.29, 0.717) is 99.9 Å². The fraction of sp³-hybridized carbons (Fsp3) is 0.368. The van der Waals surface area contributed by atoms with Crippen LogP contribution in [0.3, 0.4) is 0 Å². The summed E-state index contributed by atoms with van der Waals surface area (Å²) in [6.45, 7) is 52.1. The number of esters is 2. The summed E-state index contributed by atoms with van der Waals surface area (Å²) in [6.07, 6.45) is 22.2. The Kier molecular flexibility index (Phi) is 64.1. The summed E-state index contributed by atoms with van der Waals surface area (Å²) < 4.78 is 120. The third-order valence-corrected chi connectivity index (χ3v) is 16.7. The maximum absolute atomic E-state index is 11.5. The Labute approximate surface area is 784 Å². The highest BCUT2D eigenvalue weighted by molar-refractivity contribution is 5.97. The van der Waals surface area contributed by atoms with E-state index in [1.165, 1.54) is 74.4 Å². The van der Waals surface area contributed by atoms with E-state index in [1.807, 2.05) is 145 Å². The van der Waals surface area contributed by atoms with Gasteiger partial charge in [0.25, 0.3) is 0 Å². The molecule has 8 aromatic rings. The van der Waals surface area contributed by atoms with E-state index >= 15 is 0 Å². The van der Waals surface area contributed by atoms with Gasteiger partial charge in [-0.15, -0.1) is 0 Å². The summed E-state index contributed by atoms with van der Waals surface area (Å²) >= 11 is 0. The lowest BCUT2D eigenvalue weighted by Crippen LogP contribution is -2.23. The zero-order chi connectivity index (χ0) is 98.3. The second kappa shape index (κ2) is 72.1. The molecule has 8 aromatic carbocycles. The van der Waals surface area contributed by atoms with Crippen molar-refractivity contribution in [3.8, 4) is 80.5 Å². The van der Waals surface area contributed by atoms with Crippen LogP contribution in [0.25, 0.3) is 48.6 Å². The molecule has 0 unspecified atom stereocenters. The Morgan fingerprint density at radius 3 is 0.856 bits per heavy atom. The fourth-order valence-corrected chi connectivity index (χ4v) is 10.5. The number of hydrogen-bond acceptors (Lipinski definition) is 26. The molecule has 0 radical (unpaired) electrons. The van der Waals surface area contributed by atoms with Gasteiger partial charge in [-0.25, -0.2) is 4.79 Å². The van der Waals surface area contributed by atoms with Crippen molar-refractivity contribution < 1.29 is 123 Å². The largest absolute Gasteiger partial charge is 0.490 e. The highest BCUT2D eigenvalue weighted by atomic mass is 16.7. The van der Waals surface area contributed by atoms with E-state index in [0.717, 1.165) is 68.8 Å². The van der Waals surface area contributed by atoms with Gasteiger partial charge in [-0.1, -0.05) is 196 Å². The van der Waals surface area contributed by atoms with Crippen LogP contribution < -0.4 is 66.3 Å². The van der Waals surface area contributed by atoms with Gasteiger partial charge >= 0.3 is 11.9 Å². The van der Waals surface area contributed by atoms with E-state index in [9.17, 15) is 14.4 Å². The summed E-state index contributed by atoms with van der Waals surface area (Å²) in [5, 5.41) is 0. The van der Waals surface area contributed by atoms with Gasteiger partial charge in [0.2, 0.25) is 0 Å². The molecule has 0 atom stereocenters. The molecular weight excluding hydrogens is 1690 g/mol. The molecule has 0 N–H and O–H groups in total. The van der Waals surface area contributed by atoms with E-state index in [4.69, 9.17) is 104 Å². The molecule has 0 bridgehead atoms. The topological polar surface area (TPSA) is 263 Å². The van der Waals surface area contributed by atoms with Crippen molar-refractivity contribution in [2.24, 2.45) is 0 Å². The van der Waals surface area contributed by atoms with E-state index in [2.05, 4.69) is 71.2 Å². The van der Waals surface area contributed by atoms with Crippen molar-refractivity contribution in [2.75, 3.05) is 138 Å². The van der Waals surface area contributed by atoms with Crippen LogP contribution in [-0.4, -0.2) is 168 Å². The zero-order valence-corrected chi connectivity index (χ0v) is 81.1. The van der Waals surface area contributed by atoms with Crippen molar-refractivity contribution in [1.29, 1.82) is 0 Å². The first-order chi connectivity index (χ1) is 63.6. The number of carbonyl (C=O) groups excluding carboxylic acids is 3. The molecule has 0 aliphatic heterocycles. The number of rotatable bonds is 51. The number of benzene rings is 8. The molecule has 26 heteroatoms. The normalized spacial score (nSPS) is 10.1. The summed E-state index contributed by atoms with van der Waals surface area (Å²) in [4.78, 5) is 33.7. The van der Waals surface area contributed by atoms with Crippen LogP contribution in [0.5, 0.6) is 80.5 Å². The highest BCUT2D eigenvalue weighted by Gasteiger charge is 2.19. The van der Waals surface area contributed by atoms with Gasteiger partial charge in [-0.2, -0.15) is 0 Å². The van der Waals surface area contributed by atoms with Crippen molar-refractivity contribution >= 4 is 66.3 Å². The first kappa shape index (κ1) is 117. The standard InChI is InChI=1S/C16H24O3.C15H22O3.C14H20O3.C13H18O3.2C12H14O4.C12H14O3.C12H16O3/c1-4-6-7-8-11-18-16-12-14(5-2)9-10-15(16)19-13-17-3;1-4-6-7-10-17-15-11-13(5-2)8-9-14(15)18-12-16-3;1-6-11-7-8-12(16-10-15-5)13(9-11)17-14(2,3)4;1-5-11-6-7-12(15-9-14-4)13(8-11)16-10(2)3;1-4-9-5-6-11(16-8-14-2)10(7-9)12(13)15-3;1-4-10-5-6-11(15-8-14-3)12(7-10)16-9(2)13;1-4-10-5-6-12(15-8-14-3)11(7-10)9(2)13;1-4-10-6-7-11(15-9-13-3)12(8-10)14-5-2/h5,9-10,12H,2,4,6-8,11,13H2,1,3H3;5,8-9,11H,2,4,6-7,10,12H2,1,3H3;6-9H,1,10H2,2-5H3;5-8,10H,1,9H2,2-4H3;2*4-7H,1,8H2,2-3H3;4-7H,1,8H2,2-3H3;4,6-8H,1,5,9H2,2-3H3. The number of unbranched alkanes of at least 4 members (excludes halogenated alkanes) is 5. The van der Waals surface area contributed by atoms with Gasteiger partial charge in [-0.3, -0.25) is 9.59 Å². The average molecular weight is 1830 g/mol. The van der Waals surface area contributed by atoms with Crippen LogP contribution in [0.1, 0.15) is 179 Å². The van der Waals surface area contributed by atoms with Crippen LogP contribution in [0.4, 0.5) is 0 Å². The third kappa shape index (κ3) is 50.0. The summed E-state index contributed by atoms with van der Waals surface area (Å²) in [5.41, 5.74) is 8.24. The predicted molar refractivity (Wildman–Crippen MR) is 527 cm³/mol. The smallest absolute Gasteiger partial charge is 0.341 e. The number of ketones is 1. The monoisotopic (exact) mass is 1830 g/mol. The molecule has 0 fully saturated rings. The van der Waals surface area contributed by atoms with Gasteiger partial charge in [-0.05, 0) is 203 Å². The van der Waals surface area contributed by atoms with Gasteiger partial charge in [0.15, 0.2) is 129 Å². The molecule has 26 nitrogen and oxygen atoms in total. The first-order valence-corrected chi connectivity index (χ1v) is 42.7. The molecule has 0 saturated carbocycles. The van der Waals surface area contributed by atoms with Crippen molar-refractivity contribution in [1.82, 2.24) is 0 Å². The maximum Gasteiger partial charge on any atom is 0.341 e. The molecule has 722 valence electrons. The number of methoxy groups -OCH3 is 9. The molecule has 0 aliphatic carbocycles. The molecule has 0 saturated heterocycles. The second-order valence-electron chi connectivity index (χ2n) is 28.7. The number of hydrogen-bond donors (Lipinski definition) is 0. The Hall–Kier alpha value is -12.6. The predicted octanol–water partition coefficient (Wildman–Crippen LogP) is 24.3. The molecule has 0 heterocycles. The van der Waals surface area contributed by atoms with Gasteiger partial charge in [0.05, 0.1) is 38.6 Å². The lowest BCUT2D eigenvalue weighted by atomic mass is 10.1. The molecular formula is C106H142O26. The Balaban J connectivity index is 0.000000755. The zero-order valence-electron chi connectivity index (χ0n) is 81.1. The molecule has 8 rings (SSSR count). The van der Waals surface area contributed by atoms with Gasteiger partial charge < -0.3 is 109 Å². The third-order valence-electron chi connectivity index (χ3n) is 16.7. The Morgan fingerprint density at radius 2 is 0.561 bits per heavy atom. The fourth-order valence-electron chi connectivity index (χ4n) is 10.5. The quantitative estimate of drug-likeness (QED) is 0.0113. The number of ether oxygens (including phenoxy) is 23. The number of Topliss-reactive ketones (excluding diaryl/α,β-unsaturated/α-hetero) is 1. The Morgan fingerprint density at radius 1 is 0.303 bits per heavy atom. The maximum atomic E-state index is 11.5. The number of carbonyl (C=O) groups is 3. The Bertz CT molecular complexity index is 4660. The minimum absolute atomic E-state index is 0.0372. The molecule has 0 aromatic heterocycles. The summed E-state index contributed by atoms with van der Waals surface area (Å²) in [6, 6.07) is 44.2. The van der Waals surface area contributed by atoms with E-state index in [-0.39, 0.29) is 71.8 Å². The summed E-state index contributed by atoms with van der Waals surface area (Å²) in [5.74, 6) is 8.00. The van der Waals surface area contributed by atoms with Crippen LogP contribution in [-0.2, 0) is 47.4 Å². The van der Waals surface area contributed by atoms with Crippen molar-refractivity contribution in [3.63, 3.8) is 0 Å².